The molecule has 36 heavy (non-hydrogen) atoms. The van der Waals surface area contributed by atoms with Crippen LogP contribution in [-0.4, -0.2) is 39.6 Å². The highest BCUT2D eigenvalue weighted by Gasteiger charge is 2.41. The lowest BCUT2D eigenvalue weighted by molar-refractivity contribution is -0.137. The maximum atomic E-state index is 13.5. The molecule has 0 atom stereocenters. The normalized spacial score (nSPS) is 17.5. The van der Waals surface area contributed by atoms with E-state index < -0.39 is 22.7 Å². The van der Waals surface area contributed by atoms with Crippen LogP contribution in [0.5, 0.6) is 5.75 Å². The van der Waals surface area contributed by atoms with Crippen molar-refractivity contribution in [2.24, 2.45) is 0 Å². The van der Waals surface area contributed by atoms with Gasteiger partial charge in [0.05, 0.1) is 12.2 Å². The Morgan fingerprint density at radius 2 is 1.86 bits per heavy atom. The zero-order chi connectivity index (χ0) is 26.1. The average molecular weight is 506 g/mol. The minimum Gasteiger partial charge on any atom is -0.486 e. The van der Waals surface area contributed by atoms with Crippen molar-refractivity contribution in [3.8, 4) is 5.75 Å². The van der Waals surface area contributed by atoms with E-state index >= 15 is 0 Å². The van der Waals surface area contributed by atoms with Gasteiger partial charge in [-0.15, -0.1) is 0 Å². The number of unbranched alkanes of at least 4 members (excludes halogenated alkanes) is 1. The molecule has 0 unspecified atom stereocenters. The van der Waals surface area contributed by atoms with Crippen LogP contribution in [0.15, 0.2) is 29.1 Å². The maximum absolute atomic E-state index is 13.5. The van der Waals surface area contributed by atoms with E-state index in [9.17, 15) is 22.8 Å². The van der Waals surface area contributed by atoms with Crippen molar-refractivity contribution in [3.05, 3.63) is 57.3 Å². The largest absolute Gasteiger partial charge is 0.486 e. The first-order valence-corrected chi connectivity index (χ1v) is 12.8. The van der Waals surface area contributed by atoms with Crippen molar-refractivity contribution < 1.29 is 22.7 Å². The molecule has 4 rings (SSSR count). The molecule has 0 saturated heterocycles. The van der Waals surface area contributed by atoms with Gasteiger partial charge in [0.2, 0.25) is 5.75 Å². The third-order valence-electron chi connectivity index (χ3n) is 7.48. The molecule has 1 aliphatic heterocycles. The Kier molecular flexibility index (Phi) is 7.48. The van der Waals surface area contributed by atoms with Crippen molar-refractivity contribution in [1.82, 2.24) is 14.5 Å². The summed E-state index contributed by atoms with van der Waals surface area (Å²) in [5.74, 6) is 0.138. The number of ether oxygens (including phenoxy) is 1. The van der Waals surface area contributed by atoms with Crippen LogP contribution in [0, 0.1) is 0 Å². The molecule has 1 aliphatic carbocycles. The summed E-state index contributed by atoms with van der Waals surface area (Å²) in [4.78, 5) is 32.7. The minimum absolute atomic E-state index is 0.0258. The van der Waals surface area contributed by atoms with Crippen LogP contribution in [0.25, 0.3) is 0 Å². The van der Waals surface area contributed by atoms with Gasteiger partial charge in [0.25, 0.3) is 5.91 Å². The highest BCUT2D eigenvalue weighted by atomic mass is 19.4. The fourth-order valence-corrected chi connectivity index (χ4v) is 5.50. The smallest absolute Gasteiger partial charge is 0.416 e. The Morgan fingerprint density at radius 3 is 2.50 bits per heavy atom. The van der Waals surface area contributed by atoms with E-state index in [-0.39, 0.29) is 23.4 Å². The quantitative estimate of drug-likeness (QED) is 0.453. The lowest BCUT2D eigenvalue weighted by atomic mass is 9.75. The number of hydrogen-bond acceptors (Lipinski definition) is 4. The molecule has 1 amide bonds. The van der Waals surface area contributed by atoms with E-state index in [1.807, 2.05) is 20.8 Å². The molecule has 0 bridgehead atoms. The first kappa shape index (κ1) is 26.2. The Morgan fingerprint density at radius 1 is 1.14 bits per heavy atom. The van der Waals surface area contributed by atoms with Gasteiger partial charge in [0, 0.05) is 31.0 Å². The zero-order valence-corrected chi connectivity index (χ0v) is 21.2. The van der Waals surface area contributed by atoms with Gasteiger partial charge in [0.1, 0.15) is 5.82 Å². The number of rotatable bonds is 8. The standard InChI is InChI=1S/C27H34F3N3O3/c1-4-5-15-36-23-22-25(35)32(18(2)3)13-14-33(22)21(31-24(23)34)17-26(11-6-7-12-26)19-9-8-10-20(16-19)27(28,29)30/h8-10,16,18H,4-7,11-15,17H2,1-3H3. The fraction of sp³-hybridized carbons (Fsp3) is 0.593. The van der Waals surface area contributed by atoms with Crippen molar-refractivity contribution >= 4 is 5.91 Å². The number of hydrogen-bond donors (Lipinski definition) is 0. The summed E-state index contributed by atoms with van der Waals surface area (Å²) < 4.78 is 48.0. The molecule has 2 aromatic rings. The number of alkyl halides is 3. The number of nitrogens with zero attached hydrogens (tertiary/aromatic N) is 3. The molecule has 1 saturated carbocycles. The van der Waals surface area contributed by atoms with Crippen molar-refractivity contribution in [2.45, 2.75) is 89.9 Å². The van der Waals surface area contributed by atoms with E-state index in [0.29, 0.717) is 50.3 Å². The first-order valence-electron chi connectivity index (χ1n) is 12.8. The monoisotopic (exact) mass is 505 g/mol. The summed E-state index contributed by atoms with van der Waals surface area (Å²) in [6.45, 7) is 7.08. The Hall–Kier alpha value is -2.84. The molecule has 0 radical (unpaired) electrons. The Labute approximate surface area is 209 Å². The van der Waals surface area contributed by atoms with Gasteiger partial charge in [-0.3, -0.25) is 9.59 Å². The number of fused-ring (bicyclic) bond motifs is 1. The number of carbonyl (C=O) groups is 1. The number of carbonyl (C=O) groups excluding carboxylic acids is 1. The predicted octanol–water partition coefficient (Wildman–Crippen LogP) is 5.36. The minimum atomic E-state index is -4.44. The van der Waals surface area contributed by atoms with Crippen molar-refractivity contribution in [3.63, 3.8) is 0 Å². The molecule has 2 heterocycles. The van der Waals surface area contributed by atoms with E-state index in [0.717, 1.165) is 31.7 Å². The van der Waals surface area contributed by atoms with Crippen molar-refractivity contribution in [2.75, 3.05) is 13.2 Å². The van der Waals surface area contributed by atoms with E-state index in [1.54, 1.807) is 15.5 Å². The molecule has 0 N–H and O–H groups in total. The van der Waals surface area contributed by atoms with E-state index in [1.165, 1.54) is 12.1 Å². The molecule has 196 valence electrons. The van der Waals surface area contributed by atoms with E-state index in [2.05, 4.69) is 4.98 Å². The van der Waals surface area contributed by atoms with Gasteiger partial charge in [-0.2, -0.15) is 18.2 Å². The fourth-order valence-electron chi connectivity index (χ4n) is 5.50. The third kappa shape index (κ3) is 5.02. The van der Waals surface area contributed by atoms with Crippen LogP contribution < -0.4 is 10.3 Å². The Balaban J connectivity index is 1.80. The van der Waals surface area contributed by atoms with Crippen LogP contribution in [0.1, 0.15) is 86.7 Å². The van der Waals surface area contributed by atoms with Gasteiger partial charge < -0.3 is 14.2 Å². The summed E-state index contributed by atoms with van der Waals surface area (Å²) in [5.41, 5.74) is -1.04. The molecule has 2 aliphatic rings. The van der Waals surface area contributed by atoms with Gasteiger partial charge >= 0.3 is 11.7 Å². The first-order chi connectivity index (χ1) is 17.1. The number of aromatic nitrogens is 2. The molecule has 6 nitrogen and oxygen atoms in total. The van der Waals surface area contributed by atoms with Gasteiger partial charge in [-0.25, -0.2) is 0 Å². The molecular weight excluding hydrogens is 471 g/mol. The molecule has 9 heteroatoms. The highest BCUT2D eigenvalue weighted by molar-refractivity contribution is 5.96. The average Bonchev–Trinajstić information content (AvgIpc) is 3.30. The Bertz CT molecular complexity index is 1170. The second kappa shape index (κ2) is 10.3. The molecule has 1 aromatic heterocycles. The topological polar surface area (TPSA) is 64.4 Å². The lowest BCUT2D eigenvalue weighted by Crippen LogP contribution is -2.47. The third-order valence-corrected chi connectivity index (χ3v) is 7.48. The number of halogens is 3. The van der Waals surface area contributed by atoms with Crippen LogP contribution in [0.4, 0.5) is 13.2 Å². The highest BCUT2D eigenvalue weighted by Crippen LogP contribution is 2.45. The molecule has 1 fully saturated rings. The van der Waals surface area contributed by atoms with Crippen LogP contribution in [0.2, 0.25) is 0 Å². The van der Waals surface area contributed by atoms with Crippen LogP contribution in [-0.2, 0) is 24.6 Å². The molecule has 0 spiro atoms. The van der Waals surface area contributed by atoms with Crippen LogP contribution in [0.3, 0.4) is 0 Å². The summed E-state index contributed by atoms with van der Waals surface area (Å²) in [6, 6.07) is 5.45. The van der Waals surface area contributed by atoms with Gasteiger partial charge in [0.15, 0.2) is 5.69 Å². The summed E-state index contributed by atoms with van der Waals surface area (Å²) >= 11 is 0. The number of benzene rings is 1. The summed E-state index contributed by atoms with van der Waals surface area (Å²) in [6.07, 6.45) is 0.620. The van der Waals surface area contributed by atoms with E-state index in [4.69, 9.17) is 4.74 Å². The lowest BCUT2D eigenvalue weighted by Gasteiger charge is -2.36. The number of amides is 1. The van der Waals surface area contributed by atoms with Gasteiger partial charge in [-0.05, 0) is 44.7 Å². The van der Waals surface area contributed by atoms with Crippen molar-refractivity contribution in [1.29, 1.82) is 0 Å². The predicted molar refractivity (Wildman–Crippen MR) is 130 cm³/mol. The second-order valence-corrected chi connectivity index (χ2v) is 10.2. The summed E-state index contributed by atoms with van der Waals surface area (Å²) in [5, 5.41) is 0. The SMILES string of the molecule is CCCCOc1c2n(c(CC3(c4cccc(C(F)(F)F)c4)CCCC3)nc1=O)CCN(C(C)C)C2=O. The molecular formula is C27H34F3N3O3. The van der Waals surface area contributed by atoms with Crippen LogP contribution >= 0.6 is 0 Å². The molecule has 1 aromatic carbocycles. The second-order valence-electron chi connectivity index (χ2n) is 10.2. The summed E-state index contributed by atoms with van der Waals surface area (Å²) in [7, 11) is 0. The maximum Gasteiger partial charge on any atom is 0.416 e. The zero-order valence-electron chi connectivity index (χ0n) is 21.2. The van der Waals surface area contributed by atoms with Gasteiger partial charge in [-0.1, -0.05) is 44.4 Å².